The molecular weight excluding hydrogens is 296 g/mol. The lowest BCUT2D eigenvalue weighted by atomic mass is 10.1. The maximum Gasteiger partial charge on any atom is 0.226 e. The molecule has 108 valence electrons. The van der Waals surface area contributed by atoms with E-state index in [-0.39, 0.29) is 18.9 Å². The second kappa shape index (κ2) is 6.45. The first-order chi connectivity index (χ1) is 9.50. The van der Waals surface area contributed by atoms with Gasteiger partial charge in [-0.3, -0.25) is 4.79 Å². The van der Waals surface area contributed by atoms with E-state index in [4.69, 9.17) is 5.11 Å². The number of rotatable bonds is 6. The average Bonchev–Trinajstić information content (AvgIpc) is 3.07. The van der Waals surface area contributed by atoms with Crippen LogP contribution in [-0.2, 0) is 11.2 Å². The number of carbonyl (C=O) groups is 1. The van der Waals surface area contributed by atoms with Crippen molar-refractivity contribution in [3.05, 3.63) is 27.9 Å². The lowest BCUT2D eigenvalue weighted by molar-refractivity contribution is -0.122. The third-order valence-electron chi connectivity index (χ3n) is 2.67. The molecule has 0 aliphatic heterocycles. The van der Waals surface area contributed by atoms with E-state index in [1.54, 1.807) is 11.3 Å². The largest absolute Gasteiger partial charge is 0.393 e. The van der Waals surface area contributed by atoms with Crippen molar-refractivity contribution in [1.29, 1.82) is 0 Å². The van der Waals surface area contributed by atoms with E-state index in [2.05, 4.69) is 10.3 Å². The fourth-order valence-electron chi connectivity index (χ4n) is 1.48. The fourth-order valence-corrected chi connectivity index (χ4v) is 3.01. The Hall–Kier alpha value is -1.28. The third kappa shape index (κ3) is 4.11. The molecule has 0 spiro atoms. The Morgan fingerprint density at radius 1 is 1.50 bits per heavy atom. The molecule has 0 fully saturated rings. The summed E-state index contributed by atoms with van der Waals surface area (Å²) in [5.41, 5.74) is 0.478. The summed E-state index contributed by atoms with van der Waals surface area (Å²) in [6.07, 6.45) is 0.169. The highest BCUT2D eigenvalue weighted by molar-refractivity contribution is 7.14. The van der Waals surface area contributed by atoms with Crippen LogP contribution in [0.3, 0.4) is 0 Å². The molecule has 0 aliphatic carbocycles. The Bertz CT molecular complexity index is 564. The monoisotopic (exact) mass is 312 g/mol. The lowest BCUT2D eigenvalue weighted by Crippen LogP contribution is -2.43. The minimum atomic E-state index is -1.29. The number of aliphatic hydroxyl groups is 2. The molecule has 2 heterocycles. The van der Waals surface area contributed by atoms with Crippen LogP contribution in [-0.4, -0.2) is 39.9 Å². The zero-order valence-electron chi connectivity index (χ0n) is 11.0. The van der Waals surface area contributed by atoms with Crippen molar-refractivity contribution < 1.29 is 15.0 Å². The SMILES string of the molecule is CC(O)(CO)CNC(=O)Cc1csc(-c2ccsc2)n1. The molecule has 0 bridgehead atoms. The Kier molecular flexibility index (Phi) is 4.87. The number of hydrogen-bond donors (Lipinski definition) is 3. The molecule has 5 nitrogen and oxygen atoms in total. The van der Waals surface area contributed by atoms with Gasteiger partial charge in [-0.2, -0.15) is 11.3 Å². The minimum Gasteiger partial charge on any atom is -0.393 e. The molecule has 1 amide bonds. The Morgan fingerprint density at radius 3 is 2.95 bits per heavy atom. The third-order valence-corrected chi connectivity index (χ3v) is 4.29. The van der Waals surface area contributed by atoms with Crippen LogP contribution in [0.25, 0.3) is 10.6 Å². The van der Waals surface area contributed by atoms with E-state index in [1.165, 1.54) is 18.3 Å². The summed E-state index contributed by atoms with van der Waals surface area (Å²) < 4.78 is 0. The van der Waals surface area contributed by atoms with Crippen molar-refractivity contribution in [2.75, 3.05) is 13.2 Å². The van der Waals surface area contributed by atoms with Gasteiger partial charge in [0.25, 0.3) is 0 Å². The summed E-state index contributed by atoms with van der Waals surface area (Å²) in [6.45, 7) is 1.08. The first-order valence-electron chi connectivity index (χ1n) is 6.07. The standard InChI is InChI=1S/C13H16N2O3S2/c1-13(18,8-16)7-14-11(17)4-10-6-20-12(15-10)9-2-3-19-5-9/h2-3,5-6,16,18H,4,7-8H2,1H3,(H,14,17). The summed E-state index contributed by atoms with van der Waals surface area (Å²) in [6, 6.07) is 1.99. The molecule has 2 aromatic heterocycles. The van der Waals surface area contributed by atoms with Gasteiger partial charge in [-0.15, -0.1) is 11.3 Å². The minimum absolute atomic E-state index is 0.0177. The molecule has 3 N–H and O–H groups in total. The van der Waals surface area contributed by atoms with Crippen LogP contribution in [0.1, 0.15) is 12.6 Å². The molecule has 2 aromatic rings. The summed E-state index contributed by atoms with van der Waals surface area (Å²) in [5, 5.41) is 27.8. The van der Waals surface area contributed by atoms with E-state index in [1.807, 2.05) is 22.2 Å². The van der Waals surface area contributed by atoms with Crippen molar-refractivity contribution >= 4 is 28.6 Å². The number of nitrogens with one attached hydrogen (secondary N) is 1. The number of hydrogen-bond acceptors (Lipinski definition) is 6. The van der Waals surface area contributed by atoms with E-state index < -0.39 is 12.2 Å². The summed E-state index contributed by atoms with van der Waals surface area (Å²) in [4.78, 5) is 16.1. The van der Waals surface area contributed by atoms with Gasteiger partial charge in [0.05, 0.1) is 18.7 Å². The van der Waals surface area contributed by atoms with E-state index in [9.17, 15) is 9.90 Å². The van der Waals surface area contributed by atoms with Gasteiger partial charge in [-0.25, -0.2) is 4.98 Å². The van der Waals surface area contributed by atoms with Crippen LogP contribution in [0.2, 0.25) is 0 Å². The fraction of sp³-hybridized carbons (Fsp3) is 0.385. The summed E-state index contributed by atoms with van der Waals surface area (Å²) in [7, 11) is 0. The maximum atomic E-state index is 11.7. The lowest BCUT2D eigenvalue weighted by Gasteiger charge is -2.20. The van der Waals surface area contributed by atoms with Gasteiger partial charge in [-0.05, 0) is 18.4 Å². The van der Waals surface area contributed by atoms with Crippen molar-refractivity contribution in [3.8, 4) is 10.6 Å². The van der Waals surface area contributed by atoms with Crippen molar-refractivity contribution in [2.24, 2.45) is 0 Å². The van der Waals surface area contributed by atoms with Gasteiger partial charge >= 0.3 is 0 Å². The Balaban J connectivity index is 1.89. The van der Waals surface area contributed by atoms with Gasteiger partial charge in [0, 0.05) is 22.9 Å². The first-order valence-corrected chi connectivity index (χ1v) is 7.89. The number of amides is 1. The second-order valence-corrected chi connectivity index (χ2v) is 6.40. The number of aromatic nitrogens is 1. The molecule has 1 unspecified atom stereocenters. The molecule has 0 aromatic carbocycles. The van der Waals surface area contributed by atoms with Crippen LogP contribution in [0, 0.1) is 0 Å². The van der Waals surface area contributed by atoms with Crippen LogP contribution in [0.4, 0.5) is 0 Å². The summed E-state index contributed by atoms with van der Waals surface area (Å²) >= 11 is 3.11. The molecule has 2 rings (SSSR count). The van der Waals surface area contributed by atoms with Crippen molar-refractivity contribution in [1.82, 2.24) is 10.3 Å². The molecule has 0 aliphatic rings. The van der Waals surface area contributed by atoms with E-state index >= 15 is 0 Å². The Morgan fingerprint density at radius 2 is 2.30 bits per heavy atom. The molecule has 0 radical (unpaired) electrons. The van der Waals surface area contributed by atoms with E-state index in [0.29, 0.717) is 5.69 Å². The highest BCUT2D eigenvalue weighted by Crippen LogP contribution is 2.25. The second-order valence-electron chi connectivity index (χ2n) is 4.76. The quantitative estimate of drug-likeness (QED) is 0.750. The van der Waals surface area contributed by atoms with Gasteiger partial charge in [-0.1, -0.05) is 0 Å². The van der Waals surface area contributed by atoms with Gasteiger partial charge in [0.1, 0.15) is 10.6 Å². The smallest absolute Gasteiger partial charge is 0.226 e. The van der Waals surface area contributed by atoms with Crippen LogP contribution in [0.5, 0.6) is 0 Å². The molecule has 1 atom stereocenters. The molecule has 20 heavy (non-hydrogen) atoms. The molecule has 0 saturated carbocycles. The average molecular weight is 312 g/mol. The highest BCUT2D eigenvalue weighted by atomic mass is 32.1. The number of nitrogens with zero attached hydrogens (tertiary/aromatic N) is 1. The Labute approximate surface area is 124 Å². The van der Waals surface area contributed by atoms with Gasteiger partial charge in [0.2, 0.25) is 5.91 Å². The first kappa shape index (κ1) is 15.1. The number of carbonyl (C=O) groups excluding carboxylic acids is 1. The molecular formula is C13H16N2O3S2. The predicted octanol–water partition coefficient (Wildman–Crippen LogP) is 1.27. The zero-order valence-corrected chi connectivity index (χ0v) is 12.6. The normalized spacial score (nSPS) is 13.9. The topological polar surface area (TPSA) is 82.5 Å². The van der Waals surface area contributed by atoms with Crippen molar-refractivity contribution in [3.63, 3.8) is 0 Å². The van der Waals surface area contributed by atoms with Crippen molar-refractivity contribution in [2.45, 2.75) is 18.9 Å². The number of thiophene rings is 1. The number of thiazole rings is 1. The van der Waals surface area contributed by atoms with Crippen LogP contribution >= 0.6 is 22.7 Å². The van der Waals surface area contributed by atoms with Crippen LogP contribution < -0.4 is 5.32 Å². The van der Waals surface area contributed by atoms with Gasteiger partial charge in [0.15, 0.2) is 0 Å². The predicted molar refractivity (Wildman–Crippen MR) is 79.9 cm³/mol. The van der Waals surface area contributed by atoms with E-state index in [0.717, 1.165) is 10.6 Å². The molecule has 7 heteroatoms. The summed E-state index contributed by atoms with van der Waals surface area (Å²) in [5.74, 6) is -0.221. The van der Waals surface area contributed by atoms with Gasteiger partial charge < -0.3 is 15.5 Å². The maximum absolute atomic E-state index is 11.7. The number of aliphatic hydroxyl groups excluding tert-OH is 1. The molecule has 0 saturated heterocycles. The highest BCUT2D eigenvalue weighted by Gasteiger charge is 2.20. The van der Waals surface area contributed by atoms with Crippen LogP contribution in [0.15, 0.2) is 22.2 Å². The zero-order chi connectivity index (χ0) is 14.6.